The fourth-order valence-corrected chi connectivity index (χ4v) is 14.3. The maximum Gasteiger partial charge on any atom is 0.340 e. The summed E-state index contributed by atoms with van der Waals surface area (Å²) in [7, 11) is 9.31. The monoisotopic (exact) mass is 983 g/mol. The van der Waals surface area contributed by atoms with Crippen LogP contribution in [0.25, 0.3) is 0 Å². The van der Waals surface area contributed by atoms with Crippen LogP contribution in [0.2, 0.25) is 0 Å². The van der Waals surface area contributed by atoms with Gasteiger partial charge in [-0.25, -0.2) is 14.4 Å². The molecule has 0 amide bonds. The Morgan fingerprint density at radius 2 is 1.36 bits per heavy atom. The van der Waals surface area contributed by atoms with Gasteiger partial charge < -0.3 is 66.3 Å². The van der Waals surface area contributed by atoms with E-state index in [1.807, 2.05) is 0 Å². The molecule has 0 radical (unpaired) electrons. The molecule has 0 spiro atoms. The van der Waals surface area contributed by atoms with Gasteiger partial charge in [-0.1, -0.05) is 60.1 Å². The van der Waals surface area contributed by atoms with Crippen LogP contribution < -0.4 is 0 Å². The molecule has 0 aromatic heterocycles. The summed E-state index contributed by atoms with van der Waals surface area (Å²) in [5.74, 6) is -1.80. The first-order valence-corrected chi connectivity index (χ1v) is 24.5. The average Bonchev–Trinajstić information content (AvgIpc) is 3.32. The van der Waals surface area contributed by atoms with E-state index < -0.39 is 84.5 Å². The van der Waals surface area contributed by atoms with Crippen LogP contribution in [-0.4, -0.2) is 150 Å². The molecule has 1 aliphatic heterocycles. The molecule has 1 saturated heterocycles. The zero-order valence-electron chi connectivity index (χ0n) is 43.7. The molecule has 394 valence electrons. The molecule has 1 heterocycles. The van der Waals surface area contributed by atoms with E-state index in [0.29, 0.717) is 12.3 Å². The summed E-state index contributed by atoms with van der Waals surface area (Å²) in [5.41, 5.74) is 0.533. The van der Waals surface area contributed by atoms with Crippen LogP contribution in [0.3, 0.4) is 0 Å². The van der Waals surface area contributed by atoms with Crippen molar-refractivity contribution in [1.29, 1.82) is 0 Å². The highest BCUT2D eigenvalue weighted by atomic mass is 16.8. The zero-order chi connectivity index (χ0) is 50.7. The molecular formula is C51H82O18. The predicted molar refractivity (Wildman–Crippen MR) is 245 cm³/mol. The summed E-state index contributed by atoms with van der Waals surface area (Å²) >= 11 is 0. The van der Waals surface area contributed by atoms with Gasteiger partial charge in [0.15, 0.2) is 18.7 Å². The number of carbonyl (C=O) groups is 4. The van der Waals surface area contributed by atoms with E-state index in [1.165, 1.54) is 41.1 Å². The lowest BCUT2D eigenvalue weighted by Gasteiger charge is -2.71. The Kier molecular flexibility index (Phi) is 17.8. The second-order valence-corrected chi connectivity index (χ2v) is 22.2. The Morgan fingerprint density at radius 1 is 0.696 bits per heavy atom. The summed E-state index contributed by atoms with van der Waals surface area (Å²) in [4.78, 5) is 53.3. The Hall–Kier alpha value is -2.78. The minimum atomic E-state index is -1.70. The summed E-state index contributed by atoms with van der Waals surface area (Å²) in [6, 6.07) is 0. The molecule has 0 aromatic carbocycles. The van der Waals surface area contributed by atoms with Gasteiger partial charge in [-0.05, 0) is 109 Å². The summed E-state index contributed by atoms with van der Waals surface area (Å²) < 4.78 is 80.9. The van der Waals surface area contributed by atoms with Crippen LogP contribution in [0, 0.1) is 50.2 Å². The number of fused-ring (bicyclic) bond motifs is 7. The highest BCUT2D eigenvalue weighted by Gasteiger charge is 2.70. The molecule has 5 aliphatic carbocycles. The van der Waals surface area contributed by atoms with Gasteiger partial charge in [0.1, 0.15) is 45.3 Å². The third-order valence-corrected chi connectivity index (χ3v) is 18.1. The zero-order valence-corrected chi connectivity index (χ0v) is 43.7. The fourth-order valence-electron chi connectivity index (χ4n) is 14.3. The Balaban J connectivity index is 1.34. The van der Waals surface area contributed by atoms with Crippen LogP contribution in [0.1, 0.15) is 113 Å². The lowest BCUT2D eigenvalue weighted by Crippen LogP contribution is -2.67. The maximum atomic E-state index is 13.8. The number of hydrogen-bond acceptors (Lipinski definition) is 18. The van der Waals surface area contributed by atoms with Crippen LogP contribution in [-0.2, 0) is 85.5 Å². The Bertz CT molecular complexity index is 1840. The first kappa shape index (κ1) is 55.5. The van der Waals surface area contributed by atoms with Gasteiger partial charge >= 0.3 is 23.9 Å². The van der Waals surface area contributed by atoms with E-state index in [4.69, 9.17) is 66.3 Å². The van der Waals surface area contributed by atoms with Crippen molar-refractivity contribution in [3.05, 3.63) is 11.6 Å². The first-order valence-electron chi connectivity index (χ1n) is 24.5. The number of esters is 4. The van der Waals surface area contributed by atoms with Gasteiger partial charge in [-0.15, -0.1) is 0 Å². The van der Waals surface area contributed by atoms with Crippen LogP contribution in [0.5, 0.6) is 0 Å². The molecule has 5 fully saturated rings. The molecule has 0 bridgehead atoms. The van der Waals surface area contributed by atoms with Crippen LogP contribution in [0.15, 0.2) is 11.6 Å². The van der Waals surface area contributed by atoms with Crippen molar-refractivity contribution in [2.24, 2.45) is 50.2 Å². The molecule has 69 heavy (non-hydrogen) atoms. The number of allylic oxidation sites excluding steroid dienone is 2. The molecular weight excluding hydrogens is 901 g/mol. The SMILES string of the molecule is COCO[C@H]1[C@H](O[C@H]2CC[C@@]3(C)C(CC[C@]4(C)[C@@H]3CC=C3[C@@H]5CC(C)(C)CC[C@]5(C(=O)OC)CC[C@]34C)C2(C)C)O[C@H](C(=O)OC)[C@@H](OCOC)[C@@H]1O[C@@H](OCC(=O)OC)[C@@H](OCOC)C(=O)OC. The highest BCUT2D eigenvalue weighted by molar-refractivity contribution is 5.79. The second kappa shape index (κ2) is 22.1. The first-order chi connectivity index (χ1) is 32.6. The Morgan fingerprint density at radius 3 is 1.99 bits per heavy atom. The van der Waals surface area contributed by atoms with Gasteiger partial charge in [0.2, 0.25) is 6.10 Å². The van der Waals surface area contributed by atoms with E-state index in [1.54, 1.807) is 7.11 Å². The van der Waals surface area contributed by atoms with Crippen molar-refractivity contribution in [3.63, 3.8) is 0 Å². The van der Waals surface area contributed by atoms with Crippen LogP contribution in [0.4, 0.5) is 0 Å². The molecule has 18 heteroatoms. The van der Waals surface area contributed by atoms with E-state index in [-0.39, 0.29) is 59.8 Å². The van der Waals surface area contributed by atoms with Gasteiger partial charge in [0.25, 0.3) is 0 Å². The van der Waals surface area contributed by atoms with Crippen molar-refractivity contribution in [2.75, 3.05) is 76.8 Å². The molecule has 6 aliphatic rings. The summed E-state index contributed by atoms with van der Waals surface area (Å²) in [6.45, 7) is 15.1. The lowest BCUT2D eigenvalue weighted by atomic mass is 9.33. The number of hydrogen-bond donors (Lipinski definition) is 0. The summed E-state index contributed by atoms with van der Waals surface area (Å²) in [6.07, 6.45) is 1.22. The topological polar surface area (TPSA) is 198 Å². The van der Waals surface area contributed by atoms with E-state index in [0.717, 1.165) is 64.9 Å². The summed E-state index contributed by atoms with van der Waals surface area (Å²) in [5, 5.41) is 0. The minimum absolute atomic E-state index is 0.0153. The normalized spacial score (nSPS) is 38.6. The molecule has 18 nitrogen and oxygen atoms in total. The van der Waals surface area contributed by atoms with E-state index in [9.17, 15) is 19.2 Å². The predicted octanol–water partition coefficient (Wildman–Crippen LogP) is 6.29. The molecule has 4 saturated carbocycles. The number of rotatable bonds is 20. The molecule has 15 atom stereocenters. The van der Waals surface area contributed by atoms with Crippen molar-refractivity contribution < 1.29 is 85.5 Å². The molecule has 0 aromatic rings. The lowest BCUT2D eigenvalue weighted by molar-refractivity contribution is -0.366. The number of carbonyl (C=O) groups excluding carboxylic acids is 4. The van der Waals surface area contributed by atoms with Crippen molar-refractivity contribution in [1.82, 2.24) is 0 Å². The third-order valence-electron chi connectivity index (χ3n) is 18.1. The largest absolute Gasteiger partial charge is 0.469 e. The maximum absolute atomic E-state index is 13.8. The molecule has 0 N–H and O–H groups in total. The van der Waals surface area contributed by atoms with Crippen LogP contribution >= 0.6 is 0 Å². The van der Waals surface area contributed by atoms with Crippen molar-refractivity contribution >= 4 is 23.9 Å². The molecule has 6 rings (SSSR count). The standard InChI is InChI=1S/C51H82O18/c1-46(2)21-23-51(45(55)62-14)24-22-49(6)30(31(51)25-46)15-16-33-48(5)19-18-34(47(3,4)32(48)17-20-50(33,49)7)67-44-39(65-28-57-9)37(36(64-27-56-8)38(69-44)41(53)60-12)68-43(63-26-35(52)59-11)40(42(54)61-13)66-29-58-10/h15,31-34,36-40,43-44H,16-29H2,1-14H3/t31-,32?,33+,34-,36-,37-,38-,39+,40-,43+,44+,48-,49+,50+,51-/m0/s1. The van der Waals surface area contributed by atoms with Crippen molar-refractivity contribution in [2.45, 2.75) is 162 Å². The number of methoxy groups -OCH3 is 7. The van der Waals surface area contributed by atoms with Crippen molar-refractivity contribution in [3.8, 4) is 0 Å². The Labute approximate surface area is 408 Å². The van der Waals surface area contributed by atoms with Gasteiger partial charge in [-0.3, -0.25) is 4.79 Å². The average molecular weight is 983 g/mol. The van der Waals surface area contributed by atoms with Gasteiger partial charge in [0, 0.05) is 21.3 Å². The minimum Gasteiger partial charge on any atom is -0.469 e. The number of ether oxygens (including phenoxy) is 14. The van der Waals surface area contributed by atoms with Gasteiger partial charge in [-0.2, -0.15) is 0 Å². The third kappa shape index (κ3) is 10.3. The smallest absolute Gasteiger partial charge is 0.340 e. The van der Waals surface area contributed by atoms with E-state index >= 15 is 0 Å². The molecule has 1 unspecified atom stereocenters. The second-order valence-electron chi connectivity index (χ2n) is 22.2. The van der Waals surface area contributed by atoms with Gasteiger partial charge in [0.05, 0.1) is 40.0 Å². The fraction of sp³-hybridized carbons (Fsp3) is 0.882. The van der Waals surface area contributed by atoms with E-state index in [2.05, 4.69) is 54.5 Å². The highest BCUT2D eigenvalue weighted by Crippen LogP contribution is 2.76. The quantitative estimate of drug-likeness (QED) is 0.0434.